The summed E-state index contributed by atoms with van der Waals surface area (Å²) in [6.45, 7) is 5.76. The molecule has 30 heavy (non-hydrogen) atoms. The molecule has 1 fully saturated rings. The summed E-state index contributed by atoms with van der Waals surface area (Å²) in [5, 5.41) is 16.9. The quantitative estimate of drug-likeness (QED) is 0.549. The maximum Gasteiger partial charge on any atom is 0.245 e. The molecule has 0 spiro atoms. The highest BCUT2D eigenvalue weighted by Gasteiger charge is 2.38. The lowest BCUT2D eigenvalue weighted by Gasteiger charge is -2.29. The minimum Gasteiger partial charge on any atom is -0.391 e. The monoisotopic (exact) mass is 418 g/mol. The van der Waals surface area contributed by atoms with Gasteiger partial charge in [-0.2, -0.15) is 0 Å². The van der Waals surface area contributed by atoms with E-state index < -0.39 is 18.2 Å². The van der Waals surface area contributed by atoms with Crippen molar-refractivity contribution in [3.8, 4) is 0 Å². The molecule has 1 saturated heterocycles. The zero-order valence-corrected chi connectivity index (χ0v) is 18.0. The van der Waals surface area contributed by atoms with Gasteiger partial charge in [-0.05, 0) is 63.9 Å². The molecule has 1 aromatic carbocycles. The number of halogens is 1. The van der Waals surface area contributed by atoms with Crippen LogP contribution in [0.15, 0.2) is 18.2 Å². The van der Waals surface area contributed by atoms with Gasteiger partial charge in [0, 0.05) is 29.2 Å². The summed E-state index contributed by atoms with van der Waals surface area (Å²) < 4.78 is 13.6. The fourth-order valence-corrected chi connectivity index (χ4v) is 4.18. The van der Waals surface area contributed by atoms with Crippen LogP contribution in [0, 0.1) is 12.7 Å². The highest BCUT2D eigenvalue weighted by atomic mass is 19.1. The molecule has 4 atom stereocenters. The number of carbonyl (C=O) groups is 2. The van der Waals surface area contributed by atoms with Crippen LogP contribution in [0.4, 0.5) is 4.39 Å². The number of aliphatic hydroxyl groups is 1. The van der Waals surface area contributed by atoms with Gasteiger partial charge in [0.15, 0.2) is 0 Å². The number of benzene rings is 1. The second-order valence-corrected chi connectivity index (χ2v) is 8.14. The fraction of sp³-hybridized carbons (Fsp3) is 0.545. The van der Waals surface area contributed by atoms with Gasteiger partial charge in [0.05, 0.1) is 12.1 Å². The van der Waals surface area contributed by atoms with E-state index in [1.54, 1.807) is 24.9 Å². The van der Waals surface area contributed by atoms with E-state index in [9.17, 15) is 19.1 Å². The van der Waals surface area contributed by atoms with Crippen LogP contribution in [0.3, 0.4) is 0 Å². The molecule has 1 aromatic heterocycles. The first kappa shape index (κ1) is 22.2. The number of hydrogen-bond acceptors (Lipinski definition) is 4. The number of hydrogen-bond donors (Lipinski definition) is 4. The predicted molar refractivity (Wildman–Crippen MR) is 114 cm³/mol. The number of likely N-dealkylation sites (tertiary alicyclic amines) is 1. The van der Waals surface area contributed by atoms with E-state index in [0.29, 0.717) is 19.3 Å². The summed E-state index contributed by atoms with van der Waals surface area (Å²) in [7, 11) is 1.69. The predicted octanol–water partition coefficient (Wildman–Crippen LogP) is 1.62. The van der Waals surface area contributed by atoms with E-state index in [-0.39, 0.29) is 30.2 Å². The Balaban J connectivity index is 1.81. The highest BCUT2D eigenvalue weighted by Crippen LogP contribution is 2.29. The molecule has 0 aliphatic carbocycles. The Kier molecular flexibility index (Phi) is 6.77. The molecule has 4 N–H and O–H groups in total. The first-order chi connectivity index (χ1) is 14.2. The van der Waals surface area contributed by atoms with Gasteiger partial charge in [-0.3, -0.25) is 9.59 Å². The number of β-amino-alcohol motifs (C(OH)–C–C–N with tert-alkyl or cyclic N) is 1. The third-order valence-corrected chi connectivity index (χ3v) is 6.05. The number of carbonyl (C=O) groups excluding carboxylic acids is 2. The lowest BCUT2D eigenvalue weighted by atomic mass is 10.00. The standard InChI is InChI=1S/C22H31FN4O3/c1-5-19(26-21(29)13(3)24-4)22(30)27-11-16(28)9-15(27)10-18-12(2)25-20-8-14(23)6-7-17(18)20/h6-8,13,15-16,19,24-25,28H,5,9-11H2,1-4H3,(H,26,29)/t13-,15-,16?,19?/m0/s1. The first-order valence-corrected chi connectivity index (χ1v) is 10.5. The molecule has 164 valence electrons. The molecule has 7 nitrogen and oxygen atoms in total. The average Bonchev–Trinajstić information content (AvgIpc) is 3.23. The third-order valence-electron chi connectivity index (χ3n) is 6.05. The zero-order chi connectivity index (χ0) is 22.0. The van der Waals surface area contributed by atoms with Gasteiger partial charge in [-0.1, -0.05) is 6.92 Å². The molecular formula is C22H31FN4O3. The number of aromatic nitrogens is 1. The topological polar surface area (TPSA) is 97.5 Å². The fourth-order valence-electron chi connectivity index (χ4n) is 4.18. The van der Waals surface area contributed by atoms with Crippen LogP contribution in [0.2, 0.25) is 0 Å². The molecule has 0 radical (unpaired) electrons. The van der Waals surface area contributed by atoms with Gasteiger partial charge in [0.2, 0.25) is 11.8 Å². The number of nitrogens with zero attached hydrogens (tertiary/aromatic N) is 1. The summed E-state index contributed by atoms with van der Waals surface area (Å²) in [4.78, 5) is 30.4. The third kappa shape index (κ3) is 4.49. The van der Waals surface area contributed by atoms with Crippen LogP contribution in [0.1, 0.15) is 37.9 Å². The number of likely N-dealkylation sites (N-methyl/N-ethyl adjacent to an activating group) is 1. The van der Waals surface area contributed by atoms with Crippen LogP contribution in [0.5, 0.6) is 0 Å². The smallest absolute Gasteiger partial charge is 0.245 e. The maximum absolute atomic E-state index is 13.6. The second-order valence-electron chi connectivity index (χ2n) is 8.14. The Labute approximate surface area is 176 Å². The van der Waals surface area contributed by atoms with Gasteiger partial charge in [0.1, 0.15) is 11.9 Å². The van der Waals surface area contributed by atoms with E-state index in [1.807, 2.05) is 13.8 Å². The van der Waals surface area contributed by atoms with Crippen molar-refractivity contribution < 1.29 is 19.1 Å². The lowest BCUT2D eigenvalue weighted by Crippen LogP contribution is -2.53. The molecule has 0 saturated carbocycles. The zero-order valence-electron chi connectivity index (χ0n) is 18.0. The van der Waals surface area contributed by atoms with Crippen molar-refractivity contribution >= 4 is 22.7 Å². The maximum atomic E-state index is 13.6. The number of aromatic amines is 1. The Hall–Kier alpha value is -2.45. The molecular weight excluding hydrogens is 387 g/mol. The van der Waals surface area contributed by atoms with E-state index in [2.05, 4.69) is 15.6 Å². The van der Waals surface area contributed by atoms with Gasteiger partial charge in [0.25, 0.3) is 0 Å². The van der Waals surface area contributed by atoms with E-state index in [4.69, 9.17) is 0 Å². The number of H-pyrrole nitrogens is 1. The summed E-state index contributed by atoms with van der Waals surface area (Å²) in [6.07, 6.45) is 0.881. The normalized spacial score (nSPS) is 21.1. The molecule has 2 aromatic rings. The summed E-state index contributed by atoms with van der Waals surface area (Å²) in [5.41, 5.74) is 2.66. The Bertz CT molecular complexity index is 928. The minimum absolute atomic E-state index is 0.181. The molecule has 2 unspecified atom stereocenters. The number of nitrogens with one attached hydrogen (secondary N) is 3. The number of fused-ring (bicyclic) bond motifs is 1. The molecule has 2 heterocycles. The van der Waals surface area contributed by atoms with Gasteiger partial charge in [-0.25, -0.2) is 4.39 Å². The van der Waals surface area contributed by atoms with Crippen LogP contribution >= 0.6 is 0 Å². The lowest BCUT2D eigenvalue weighted by molar-refractivity contribution is -0.137. The van der Waals surface area contributed by atoms with E-state index in [0.717, 1.165) is 22.2 Å². The molecule has 8 heteroatoms. The SMILES string of the molecule is CCC(NC(=O)[C@H](C)NC)C(=O)N1CC(O)C[C@H]1Cc1c(C)[nH]c2cc(F)ccc12. The summed E-state index contributed by atoms with van der Waals surface area (Å²) in [5.74, 6) is -0.719. The van der Waals surface area contributed by atoms with Crippen molar-refractivity contribution in [1.82, 2.24) is 20.5 Å². The molecule has 3 rings (SSSR count). The van der Waals surface area contributed by atoms with Crippen LogP contribution < -0.4 is 10.6 Å². The minimum atomic E-state index is -0.640. The molecule has 0 bridgehead atoms. The van der Waals surface area contributed by atoms with Crippen molar-refractivity contribution in [3.63, 3.8) is 0 Å². The Morgan fingerprint density at radius 1 is 1.40 bits per heavy atom. The largest absolute Gasteiger partial charge is 0.391 e. The van der Waals surface area contributed by atoms with E-state index >= 15 is 0 Å². The van der Waals surface area contributed by atoms with E-state index in [1.165, 1.54) is 12.1 Å². The van der Waals surface area contributed by atoms with Gasteiger partial charge in [-0.15, -0.1) is 0 Å². The van der Waals surface area contributed by atoms with Gasteiger partial charge >= 0.3 is 0 Å². The number of amides is 2. The van der Waals surface area contributed by atoms with Crippen LogP contribution in [-0.2, 0) is 16.0 Å². The Morgan fingerprint density at radius 3 is 2.80 bits per heavy atom. The molecule has 1 aliphatic heterocycles. The van der Waals surface area contributed by atoms with Gasteiger partial charge < -0.3 is 25.6 Å². The van der Waals surface area contributed by atoms with Crippen molar-refractivity contribution in [2.24, 2.45) is 0 Å². The van der Waals surface area contributed by atoms with Crippen molar-refractivity contribution in [2.75, 3.05) is 13.6 Å². The van der Waals surface area contributed by atoms with Crippen LogP contribution in [0.25, 0.3) is 10.9 Å². The summed E-state index contributed by atoms with van der Waals surface area (Å²) >= 11 is 0. The average molecular weight is 419 g/mol. The van der Waals surface area contributed by atoms with Crippen LogP contribution in [-0.4, -0.2) is 64.6 Å². The van der Waals surface area contributed by atoms with Crippen molar-refractivity contribution in [2.45, 2.75) is 64.3 Å². The summed E-state index contributed by atoms with van der Waals surface area (Å²) in [6, 6.07) is 3.40. The number of aliphatic hydroxyl groups excluding tert-OH is 1. The highest BCUT2D eigenvalue weighted by molar-refractivity contribution is 5.90. The molecule has 1 aliphatic rings. The van der Waals surface area contributed by atoms with Crippen molar-refractivity contribution in [1.29, 1.82) is 0 Å². The number of rotatable bonds is 7. The number of aryl methyl sites for hydroxylation is 1. The van der Waals surface area contributed by atoms with Crippen molar-refractivity contribution in [3.05, 3.63) is 35.3 Å². The molecule has 2 amide bonds. The first-order valence-electron chi connectivity index (χ1n) is 10.5. The second kappa shape index (κ2) is 9.14. The Morgan fingerprint density at radius 2 is 2.13 bits per heavy atom.